The van der Waals surface area contributed by atoms with E-state index in [-0.39, 0.29) is 23.9 Å². The van der Waals surface area contributed by atoms with Crippen molar-refractivity contribution in [1.29, 1.82) is 0 Å². The number of hydrogen-bond donors (Lipinski definition) is 2. The zero-order valence-electron chi connectivity index (χ0n) is 20.3. The number of nitrogens with one attached hydrogen (secondary N) is 2. The lowest BCUT2D eigenvalue weighted by atomic mass is 9.93. The lowest BCUT2D eigenvalue weighted by Gasteiger charge is -2.41. The summed E-state index contributed by atoms with van der Waals surface area (Å²) in [5.41, 5.74) is 3.83. The van der Waals surface area contributed by atoms with Gasteiger partial charge in [-0.15, -0.1) is 0 Å². The molecule has 0 radical (unpaired) electrons. The summed E-state index contributed by atoms with van der Waals surface area (Å²) < 4.78 is 14.0. The first-order valence-corrected chi connectivity index (χ1v) is 12.9. The monoisotopic (exact) mass is 489 g/mol. The standard InChI is InChI=1S/C27H32FN7O/c28-20-4-5-25-24(17-20)31-26(23-3-1-2-11-29-23)35(25)22-9-15-34(16-10-22)27(36)19-7-13-33(14-8-19)18-21-6-12-30-32-21/h1-6,11-12,17,19,22,26,31H,7-10,13-16,18H2,(H,30,32). The summed E-state index contributed by atoms with van der Waals surface area (Å²) in [4.78, 5) is 24.7. The molecule has 0 bridgehead atoms. The summed E-state index contributed by atoms with van der Waals surface area (Å²) in [6.07, 6.45) is 7.00. The maximum atomic E-state index is 14.0. The molecule has 6 rings (SSSR count). The fraction of sp³-hybridized carbons (Fsp3) is 0.444. The molecule has 36 heavy (non-hydrogen) atoms. The number of hydrogen-bond acceptors (Lipinski definition) is 6. The Morgan fingerprint density at radius 1 is 1.00 bits per heavy atom. The molecule has 1 aromatic carbocycles. The van der Waals surface area contributed by atoms with E-state index < -0.39 is 0 Å². The van der Waals surface area contributed by atoms with E-state index in [0.29, 0.717) is 5.91 Å². The van der Waals surface area contributed by atoms with Gasteiger partial charge in [0, 0.05) is 49.7 Å². The van der Waals surface area contributed by atoms with Gasteiger partial charge in [-0.05, 0) is 75.2 Å². The van der Waals surface area contributed by atoms with Crippen molar-refractivity contribution in [3.8, 4) is 0 Å². The Labute approximate surface area is 210 Å². The summed E-state index contributed by atoms with van der Waals surface area (Å²) in [5.74, 6) is 0.162. The Morgan fingerprint density at radius 2 is 1.83 bits per heavy atom. The molecule has 8 nitrogen and oxygen atoms in total. The Bertz CT molecular complexity index is 1170. The van der Waals surface area contributed by atoms with Gasteiger partial charge in [0.25, 0.3) is 0 Å². The maximum Gasteiger partial charge on any atom is 0.225 e. The second-order valence-corrected chi connectivity index (χ2v) is 10.1. The number of carbonyl (C=O) groups is 1. The Balaban J connectivity index is 1.09. The summed E-state index contributed by atoms with van der Waals surface area (Å²) >= 11 is 0. The molecular weight excluding hydrogens is 457 g/mol. The number of piperidine rings is 2. The first kappa shape index (κ1) is 23.0. The summed E-state index contributed by atoms with van der Waals surface area (Å²) in [6.45, 7) is 4.23. The average molecular weight is 490 g/mol. The molecule has 3 aromatic rings. The molecule has 2 N–H and O–H groups in total. The van der Waals surface area contributed by atoms with E-state index in [1.165, 1.54) is 6.07 Å². The van der Waals surface area contributed by atoms with Crippen LogP contribution in [-0.4, -0.2) is 63.1 Å². The van der Waals surface area contributed by atoms with Gasteiger partial charge >= 0.3 is 0 Å². The highest BCUT2D eigenvalue weighted by molar-refractivity contribution is 5.79. The van der Waals surface area contributed by atoms with Crippen molar-refractivity contribution < 1.29 is 9.18 Å². The van der Waals surface area contributed by atoms with Gasteiger partial charge in [-0.1, -0.05) is 6.07 Å². The van der Waals surface area contributed by atoms with Crippen molar-refractivity contribution in [2.75, 3.05) is 36.4 Å². The molecular formula is C27H32FN7O. The number of halogens is 1. The van der Waals surface area contributed by atoms with Crippen molar-refractivity contribution in [2.45, 2.75) is 44.4 Å². The third-order valence-corrected chi connectivity index (χ3v) is 7.83. The lowest BCUT2D eigenvalue weighted by molar-refractivity contribution is -0.138. The van der Waals surface area contributed by atoms with Gasteiger partial charge < -0.3 is 15.1 Å². The molecule has 188 valence electrons. The zero-order chi connectivity index (χ0) is 24.5. The number of aromatic nitrogens is 3. The topological polar surface area (TPSA) is 80.4 Å². The van der Waals surface area contributed by atoms with Gasteiger partial charge in [-0.2, -0.15) is 5.10 Å². The Hall–Kier alpha value is -3.46. The number of H-pyrrole nitrogens is 1. The summed E-state index contributed by atoms with van der Waals surface area (Å²) in [5, 5.41) is 10.5. The van der Waals surface area contributed by atoms with Gasteiger partial charge in [-0.25, -0.2) is 4.39 Å². The number of pyridine rings is 1. The van der Waals surface area contributed by atoms with Crippen LogP contribution in [0.4, 0.5) is 15.8 Å². The molecule has 3 aliphatic heterocycles. The highest BCUT2D eigenvalue weighted by atomic mass is 19.1. The number of aromatic amines is 1. The largest absolute Gasteiger partial charge is 0.358 e. The molecule has 2 saturated heterocycles. The van der Waals surface area contributed by atoms with Crippen molar-refractivity contribution in [3.63, 3.8) is 0 Å². The van der Waals surface area contributed by atoms with E-state index in [9.17, 15) is 9.18 Å². The van der Waals surface area contributed by atoms with E-state index in [2.05, 4.69) is 35.2 Å². The quantitative estimate of drug-likeness (QED) is 0.568. The van der Waals surface area contributed by atoms with Crippen LogP contribution in [0, 0.1) is 11.7 Å². The molecule has 2 fully saturated rings. The maximum absolute atomic E-state index is 14.0. The average Bonchev–Trinajstić information content (AvgIpc) is 3.57. The number of carbonyl (C=O) groups excluding carboxylic acids is 1. The van der Waals surface area contributed by atoms with E-state index in [0.717, 1.165) is 81.2 Å². The summed E-state index contributed by atoms with van der Waals surface area (Å²) in [6, 6.07) is 13.1. The number of nitrogens with zero attached hydrogens (tertiary/aromatic N) is 5. The minimum absolute atomic E-state index is 0.109. The van der Waals surface area contributed by atoms with Gasteiger partial charge in [0.15, 0.2) is 0 Å². The number of rotatable bonds is 5. The Kier molecular flexibility index (Phi) is 6.31. The second-order valence-electron chi connectivity index (χ2n) is 10.1. The first-order valence-electron chi connectivity index (χ1n) is 12.9. The smallest absolute Gasteiger partial charge is 0.225 e. The van der Waals surface area contributed by atoms with Crippen LogP contribution in [0.5, 0.6) is 0 Å². The second kappa shape index (κ2) is 9.89. The van der Waals surface area contributed by atoms with Crippen molar-refractivity contribution in [3.05, 3.63) is 72.1 Å². The van der Waals surface area contributed by atoms with Crippen LogP contribution in [0.1, 0.15) is 43.2 Å². The number of anilines is 2. The summed E-state index contributed by atoms with van der Waals surface area (Å²) in [7, 11) is 0. The van der Waals surface area contributed by atoms with Crippen LogP contribution in [-0.2, 0) is 11.3 Å². The molecule has 0 aliphatic carbocycles. The molecule has 1 atom stereocenters. The third kappa shape index (κ3) is 4.55. The molecule has 9 heteroatoms. The molecule has 1 unspecified atom stereocenters. The van der Waals surface area contributed by atoms with Gasteiger partial charge in [0.1, 0.15) is 12.0 Å². The molecule has 3 aliphatic rings. The van der Waals surface area contributed by atoms with Gasteiger partial charge in [0.2, 0.25) is 5.91 Å². The van der Waals surface area contributed by atoms with Crippen molar-refractivity contribution >= 4 is 17.3 Å². The van der Waals surface area contributed by atoms with E-state index >= 15 is 0 Å². The fourth-order valence-corrected chi connectivity index (χ4v) is 5.94. The van der Waals surface area contributed by atoms with E-state index in [1.807, 2.05) is 30.3 Å². The zero-order valence-corrected chi connectivity index (χ0v) is 20.3. The highest BCUT2D eigenvalue weighted by Crippen LogP contribution is 2.44. The van der Waals surface area contributed by atoms with Crippen LogP contribution < -0.4 is 10.2 Å². The molecule has 0 spiro atoms. The Morgan fingerprint density at radius 3 is 2.56 bits per heavy atom. The van der Waals surface area contributed by atoms with Crippen LogP contribution in [0.2, 0.25) is 0 Å². The minimum atomic E-state index is -0.251. The van der Waals surface area contributed by atoms with Gasteiger partial charge in [0.05, 0.1) is 17.1 Å². The third-order valence-electron chi connectivity index (χ3n) is 7.83. The number of amides is 1. The molecule has 2 aromatic heterocycles. The molecule has 0 saturated carbocycles. The SMILES string of the molecule is O=C(C1CCN(Cc2ccn[nH]2)CC1)N1CCC(N2c3ccc(F)cc3NC2c2ccccn2)CC1. The van der Waals surface area contributed by atoms with Crippen LogP contribution in [0.15, 0.2) is 54.9 Å². The lowest BCUT2D eigenvalue weighted by Crippen LogP contribution is -2.50. The van der Waals surface area contributed by atoms with Crippen LogP contribution in [0.3, 0.4) is 0 Å². The van der Waals surface area contributed by atoms with Crippen molar-refractivity contribution in [2.24, 2.45) is 5.92 Å². The van der Waals surface area contributed by atoms with Gasteiger partial charge in [-0.3, -0.25) is 19.8 Å². The number of fused-ring (bicyclic) bond motifs is 1. The number of likely N-dealkylation sites (tertiary alicyclic amines) is 2. The fourth-order valence-electron chi connectivity index (χ4n) is 5.94. The predicted molar refractivity (Wildman–Crippen MR) is 136 cm³/mol. The first-order chi connectivity index (χ1) is 17.7. The normalized spacial score (nSPS) is 21.4. The van der Waals surface area contributed by atoms with E-state index in [4.69, 9.17) is 0 Å². The van der Waals surface area contributed by atoms with Crippen molar-refractivity contribution in [1.82, 2.24) is 25.0 Å². The predicted octanol–water partition coefficient (Wildman–Crippen LogP) is 3.78. The minimum Gasteiger partial charge on any atom is -0.358 e. The molecule has 1 amide bonds. The molecule has 5 heterocycles. The van der Waals surface area contributed by atoms with Crippen LogP contribution in [0.25, 0.3) is 0 Å². The van der Waals surface area contributed by atoms with Crippen LogP contribution >= 0.6 is 0 Å². The van der Waals surface area contributed by atoms with E-state index in [1.54, 1.807) is 18.5 Å². The highest BCUT2D eigenvalue weighted by Gasteiger charge is 2.39. The number of benzene rings is 1.